The maximum absolute atomic E-state index is 8.96. The lowest BCUT2D eigenvalue weighted by Gasteiger charge is -2.26. The van der Waals surface area contributed by atoms with Gasteiger partial charge in [0, 0.05) is 4.90 Å². The predicted molar refractivity (Wildman–Crippen MR) is 80.3 cm³/mol. The molecule has 19 heavy (non-hydrogen) atoms. The molecule has 4 nitrogen and oxygen atoms in total. The fourth-order valence-corrected chi connectivity index (χ4v) is 2.38. The van der Waals surface area contributed by atoms with E-state index >= 15 is 0 Å². The van der Waals surface area contributed by atoms with Crippen molar-refractivity contribution in [3.8, 4) is 5.75 Å². The van der Waals surface area contributed by atoms with Gasteiger partial charge in [0.25, 0.3) is 0 Å². The minimum atomic E-state index is -0.292. The summed E-state index contributed by atoms with van der Waals surface area (Å²) in [6.45, 7) is 8.16. The van der Waals surface area contributed by atoms with Crippen molar-refractivity contribution >= 4 is 17.6 Å². The molecule has 0 atom stereocenters. The standard InChI is InChI=1S/C14H22N2O2S/c1-5-14(3,4)18-10-8-7-9-11(19-6-2)12(10)13(15)16-17/h7-9,17H,5-6H2,1-4H3,(H2,15,16). The molecule has 0 heterocycles. The van der Waals surface area contributed by atoms with E-state index in [9.17, 15) is 0 Å². The molecule has 0 aromatic heterocycles. The van der Waals surface area contributed by atoms with Crippen LogP contribution in [0.2, 0.25) is 0 Å². The molecule has 0 aliphatic heterocycles. The average Bonchev–Trinajstić information content (AvgIpc) is 2.38. The predicted octanol–water partition coefficient (Wildman–Crippen LogP) is 3.46. The Balaban J connectivity index is 3.27. The maximum Gasteiger partial charge on any atom is 0.174 e. The number of rotatable bonds is 6. The lowest BCUT2D eigenvalue weighted by Crippen LogP contribution is -2.28. The first-order valence-electron chi connectivity index (χ1n) is 6.38. The third kappa shape index (κ3) is 4.06. The fraction of sp³-hybridized carbons (Fsp3) is 0.500. The number of benzene rings is 1. The first kappa shape index (κ1) is 15.7. The number of thioether (sulfide) groups is 1. The Labute approximate surface area is 119 Å². The highest BCUT2D eigenvalue weighted by Crippen LogP contribution is 2.32. The molecular weight excluding hydrogens is 260 g/mol. The van der Waals surface area contributed by atoms with Gasteiger partial charge in [-0.3, -0.25) is 0 Å². The molecule has 0 aliphatic carbocycles. The number of nitrogens with two attached hydrogens (primary N) is 1. The summed E-state index contributed by atoms with van der Waals surface area (Å²) in [4.78, 5) is 0.960. The Bertz CT molecular complexity index is 459. The van der Waals surface area contributed by atoms with E-state index < -0.39 is 0 Å². The van der Waals surface area contributed by atoms with E-state index in [1.165, 1.54) is 0 Å². The Morgan fingerprint density at radius 2 is 2.11 bits per heavy atom. The number of hydrogen-bond donors (Lipinski definition) is 2. The summed E-state index contributed by atoms with van der Waals surface area (Å²) in [6.07, 6.45) is 0.869. The molecule has 1 aromatic carbocycles. The largest absolute Gasteiger partial charge is 0.487 e. The van der Waals surface area contributed by atoms with Crippen LogP contribution >= 0.6 is 11.8 Å². The Morgan fingerprint density at radius 3 is 2.63 bits per heavy atom. The van der Waals surface area contributed by atoms with Crippen LogP contribution in [0, 0.1) is 0 Å². The van der Waals surface area contributed by atoms with Gasteiger partial charge in [-0.15, -0.1) is 11.8 Å². The van der Waals surface area contributed by atoms with Crippen molar-refractivity contribution in [1.82, 2.24) is 0 Å². The number of hydrogen-bond acceptors (Lipinski definition) is 4. The van der Waals surface area contributed by atoms with Crippen LogP contribution in [0.25, 0.3) is 0 Å². The van der Waals surface area contributed by atoms with Crippen molar-refractivity contribution in [2.24, 2.45) is 10.9 Å². The maximum atomic E-state index is 8.96. The summed E-state index contributed by atoms with van der Waals surface area (Å²) in [5.74, 6) is 1.64. The van der Waals surface area contributed by atoms with Crippen LogP contribution < -0.4 is 10.5 Å². The number of ether oxygens (including phenoxy) is 1. The van der Waals surface area contributed by atoms with Gasteiger partial charge in [-0.1, -0.05) is 25.1 Å². The summed E-state index contributed by atoms with van der Waals surface area (Å²) in [7, 11) is 0. The number of oxime groups is 1. The molecule has 1 aromatic rings. The molecule has 0 amide bonds. The number of amidine groups is 1. The van der Waals surface area contributed by atoms with E-state index in [0.29, 0.717) is 11.3 Å². The highest BCUT2D eigenvalue weighted by Gasteiger charge is 2.21. The zero-order valence-corrected chi connectivity index (χ0v) is 12.8. The SMILES string of the molecule is CCSc1cccc(OC(C)(C)CC)c1/C(N)=N/O. The smallest absolute Gasteiger partial charge is 0.174 e. The van der Waals surface area contributed by atoms with Crippen molar-refractivity contribution in [1.29, 1.82) is 0 Å². The lowest BCUT2D eigenvalue weighted by molar-refractivity contribution is 0.104. The molecule has 0 unspecified atom stereocenters. The molecule has 5 heteroatoms. The van der Waals surface area contributed by atoms with Crippen LogP contribution in [0.1, 0.15) is 39.7 Å². The third-order valence-electron chi connectivity index (χ3n) is 2.89. The second-order valence-corrected chi connectivity index (χ2v) is 6.07. The Kier molecular flexibility index (Phi) is 5.54. The first-order chi connectivity index (χ1) is 8.95. The second-order valence-electron chi connectivity index (χ2n) is 4.76. The summed E-state index contributed by atoms with van der Waals surface area (Å²) in [6, 6.07) is 5.73. The van der Waals surface area contributed by atoms with Crippen LogP contribution in [0.4, 0.5) is 0 Å². The number of nitrogens with zero attached hydrogens (tertiary/aromatic N) is 1. The van der Waals surface area contributed by atoms with Crippen LogP contribution in [0.5, 0.6) is 5.75 Å². The van der Waals surface area contributed by atoms with Gasteiger partial charge in [0.2, 0.25) is 0 Å². The van der Waals surface area contributed by atoms with Gasteiger partial charge in [0.05, 0.1) is 5.56 Å². The molecule has 106 valence electrons. The second kappa shape index (κ2) is 6.70. The van der Waals surface area contributed by atoms with Gasteiger partial charge < -0.3 is 15.7 Å². The monoisotopic (exact) mass is 282 g/mol. The molecule has 0 spiro atoms. The quantitative estimate of drug-likeness (QED) is 0.276. The van der Waals surface area contributed by atoms with Gasteiger partial charge in [0.1, 0.15) is 11.4 Å². The summed E-state index contributed by atoms with van der Waals surface area (Å²) in [5.41, 5.74) is 6.17. The van der Waals surface area contributed by atoms with Crippen LogP contribution in [-0.2, 0) is 0 Å². The summed E-state index contributed by atoms with van der Waals surface area (Å²) in [5, 5.41) is 12.1. The van der Waals surface area contributed by atoms with Crippen molar-refractivity contribution in [3.05, 3.63) is 23.8 Å². The van der Waals surface area contributed by atoms with Crippen LogP contribution in [0.15, 0.2) is 28.3 Å². The molecular formula is C14H22N2O2S. The molecule has 0 saturated carbocycles. The summed E-state index contributed by atoms with van der Waals surface area (Å²) >= 11 is 1.64. The Morgan fingerprint density at radius 1 is 1.42 bits per heavy atom. The summed E-state index contributed by atoms with van der Waals surface area (Å²) < 4.78 is 6.01. The van der Waals surface area contributed by atoms with Gasteiger partial charge >= 0.3 is 0 Å². The highest BCUT2D eigenvalue weighted by molar-refractivity contribution is 7.99. The molecule has 0 aliphatic rings. The van der Waals surface area contributed by atoms with E-state index in [4.69, 9.17) is 15.7 Å². The van der Waals surface area contributed by atoms with Crippen molar-refractivity contribution < 1.29 is 9.94 Å². The van der Waals surface area contributed by atoms with Crippen molar-refractivity contribution in [3.63, 3.8) is 0 Å². The van der Waals surface area contributed by atoms with Crippen molar-refractivity contribution in [2.45, 2.75) is 44.6 Å². The normalized spacial score (nSPS) is 12.5. The van der Waals surface area contributed by atoms with E-state index in [-0.39, 0.29) is 11.4 Å². The van der Waals surface area contributed by atoms with Gasteiger partial charge in [-0.05, 0) is 38.2 Å². The zero-order valence-electron chi connectivity index (χ0n) is 11.9. The van der Waals surface area contributed by atoms with E-state index in [1.807, 2.05) is 32.0 Å². The fourth-order valence-electron chi connectivity index (χ4n) is 1.54. The first-order valence-corrected chi connectivity index (χ1v) is 7.36. The third-order valence-corrected chi connectivity index (χ3v) is 3.83. The highest BCUT2D eigenvalue weighted by atomic mass is 32.2. The lowest BCUT2D eigenvalue weighted by atomic mass is 10.1. The van der Waals surface area contributed by atoms with E-state index in [0.717, 1.165) is 17.1 Å². The van der Waals surface area contributed by atoms with E-state index in [2.05, 4.69) is 19.0 Å². The molecule has 0 bridgehead atoms. The molecule has 3 N–H and O–H groups in total. The minimum Gasteiger partial charge on any atom is -0.487 e. The van der Waals surface area contributed by atoms with Gasteiger partial charge in [0.15, 0.2) is 5.84 Å². The van der Waals surface area contributed by atoms with Crippen LogP contribution in [0.3, 0.4) is 0 Å². The molecule has 0 radical (unpaired) electrons. The Hall–Kier alpha value is -1.36. The van der Waals surface area contributed by atoms with Gasteiger partial charge in [-0.25, -0.2) is 0 Å². The van der Waals surface area contributed by atoms with Crippen LogP contribution in [-0.4, -0.2) is 22.4 Å². The van der Waals surface area contributed by atoms with E-state index in [1.54, 1.807) is 11.8 Å². The average molecular weight is 282 g/mol. The van der Waals surface area contributed by atoms with Gasteiger partial charge in [-0.2, -0.15) is 0 Å². The molecule has 1 rings (SSSR count). The molecule has 0 fully saturated rings. The topological polar surface area (TPSA) is 67.8 Å². The minimum absolute atomic E-state index is 0.0819. The van der Waals surface area contributed by atoms with Crippen molar-refractivity contribution in [2.75, 3.05) is 5.75 Å². The molecule has 0 saturated heterocycles. The zero-order chi connectivity index (χ0) is 14.5.